The molecule has 0 spiro atoms. The number of amides is 1. The summed E-state index contributed by atoms with van der Waals surface area (Å²) in [5, 5.41) is 2.87. The Kier molecular flexibility index (Phi) is 6.23. The summed E-state index contributed by atoms with van der Waals surface area (Å²) in [7, 11) is 0. The van der Waals surface area contributed by atoms with Crippen molar-refractivity contribution in [3.8, 4) is 0 Å². The maximum Gasteiger partial charge on any atom is 0.407 e. The number of ether oxygens (including phenoxy) is 2. The highest BCUT2D eigenvalue weighted by Gasteiger charge is 2.31. The van der Waals surface area contributed by atoms with Gasteiger partial charge in [-0.05, 0) is 45.6 Å². The van der Waals surface area contributed by atoms with Crippen LogP contribution in [0, 0.1) is 5.92 Å². The summed E-state index contributed by atoms with van der Waals surface area (Å²) >= 11 is 0. The van der Waals surface area contributed by atoms with Gasteiger partial charge in [-0.2, -0.15) is 0 Å². The maximum atomic E-state index is 12.2. The first-order valence-corrected chi connectivity index (χ1v) is 8.53. The van der Waals surface area contributed by atoms with Gasteiger partial charge in [0, 0.05) is 6.04 Å². The van der Waals surface area contributed by atoms with Crippen LogP contribution in [0.25, 0.3) is 0 Å². The van der Waals surface area contributed by atoms with E-state index in [0.29, 0.717) is 6.42 Å². The summed E-state index contributed by atoms with van der Waals surface area (Å²) in [6.07, 6.45) is 2.74. The molecule has 132 valence electrons. The van der Waals surface area contributed by atoms with Crippen LogP contribution in [0.1, 0.15) is 52.0 Å². The first kappa shape index (κ1) is 18.3. The summed E-state index contributed by atoms with van der Waals surface area (Å²) in [6.45, 7) is 5.84. The van der Waals surface area contributed by atoms with E-state index in [1.54, 1.807) is 0 Å². The minimum absolute atomic E-state index is 0.0421. The van der Waals surface area contributed by atoms with Crippen molar-refractivity contribution in [2.75, 3.05) is 0 Å². The average molecular weight is 333 g/mol. The number of hydrogen-bond donors (Lipinski definition) is 1. The Labute approximate surface area is 143 Å². The highest BCUT2D eigenvalue weighted by atomic mass is 16.6. The lowest BCUT2D eigenvalue weighted by molar-refractivity contribution is -0.161. The molecule has 1 saturated carbocycles. The van der Waals surface area contributed by atoms with Crippen LogP contribution in [0.5, 0.6) is 0 Å². The van der Waals surface area contributed by atoms with E-state index in [0.717, 1.165) is 24.8 Å². The molecule has 0 radical (unpaired) electrons. The van der Waals surface area contributed by atoms with Crippen LogP contribution in [0.3, 0.4) is 0 Å². The van der Waals surface area contributed by atoms with E-state index < -0.39 is 11.7 Å². The number of carbonyl (C=O) groups is 2. The Hall–Kier alpha value is -2.04. The fourth-order valence-electron chi connectivity index (χ4n) is 2.85. The Morgan fingerprint density at radius 3 is 2.54 bits per heavy atom. The molecule has 1 amide bonds. The van der Waals surface area contributed by atoms with Crippen LogP contribution in [0.15, 0.2) is 30.3 Å². The van der Waals surface area contributed by atoms with Crippen molar-refractivity contribution >= 4 is 12.1 Å². The molecule has 0 heterocycles. The number of nitrogens with one attached hydrogen (secondary N) is 1. The molecule has 1 aliphatic rings. The molecule has 1 fully saturated rings. The first-order valence-electron chi connectivity index (χ1n) is 8.53. The third kappa shape index (κ3) is 6.22. The highest BCUT2D eigenvalue weighted by molar-refractivity contribution is 5.73. The number of hydrogen-bond acceptors (Lipinski definition) is 4. The van der Waals surface area contributed by atoms with Crippen molar-refractivity contribution in [1.82, 2.24) is 5.32 Å². The van der Waals surface area contributed by atoms with Crippen LogP contribution in [0.4, 0.5) is 4.79 Å². The van der Waals surface area contributed by atoms with Gasteiger partial charge in [-0.1, -0.05) is 36.8 Å². The van der Waals surface area contributed by atoms with Crippen LogP contribution >= 0.6 is 0 Å². The van der Waals surface area contributed by atoms with E-state index in [-0.39, 0.29) is 24.5 Å². The molecule has 1 aliphatic carbocycles. The Morgan fingerprint density at radius 2 is 1.88 bits per heavy atom. The molecule has 2 atom stereocenters. The quantitative estimate of drug-likeness (QED) is 0.851. The zero-order valence-electron chi connectivity index (χ0n) is 14.7. The largest absolute Gasteiger partial charge is 0.460 e. The zero-order valence-corrected chi connectivity index (χ0v) is 14.7. The van der Waals surface area contributed by atoms with Gasteiger partial charge in [0.15, 0.2) is 0 Å². The van der Waals surface area contributed by atoms with Gasteiger partial charge in [-0.3, -0.25) is 4.79 Å². The van der Waals surface area contributed by atoms with E-state index in [1.807, 2.05) is 51.1 Å². The van der Waals surface area contributed by atoms with Gasteiger partial charge in [0.05, 0.1) is 5.92 Å². The monoisotopic (exact) mass is 333 g/mol. The van der Waals surface area contributed by atoms with Crippen LogP contribution in [-0.2, 0) is 20.9 Å². The van der Waals surface area contributed by atoms with Gasteiger partial charge in [0.1, 0.15) is 12.2 Å². The number of carbonyl (C=O) groups excluding carboxylic acids is 2. The van der Waals surface area contributed by atoms with Crippen molar-refractivity contribution < 1.29 is 19.1 Å². The predicted molar refractivity (Wildman–Crippen MR) is 91.4 cm³/mol. The standard InChI is InChI=1S/C19H27NO4/c1-19(2,3)24-17(21)15-10-7-11-16(12-15)20-18(22)23-13-14-8-5-4-6-9-14/h4-6,8-9,15-16H,7,10-13H2,1-3H3,(H,20,22)/t15-,16+/m1/s1. The SMILES string of the molecule is CC(C)(C)OC(=O)[C@@H]1CCC[C@H](NC(=O)OCc2ccccc2)C1. The molecule has 1 aromatic rings. The molecule has 0 aliphatic heterocycles. The number of alkyl carbamates (subject to hydrolysis) is 1. The van der Waals surface area contributed by atoms with Crippen LogP contribution < -0.4 is 5.32 Å². The molecular weight excluding hydrogens is 306 g/mol. The lowest BCUT2D eigenvalue weighted by atomic mass is 9.85. The zero-order chi connectivity index (χ0) is 17.6. The fourth-order valence-corrected chi connectivity index (χ4v) is 2.85. The van der Waals surface area contributed by atoms with Crippen LogP contribution in [-0.4, -0.2) is 23.7 Å². The molecule has 0 aromatic heterocycles. The fraction of sp³-hybridized carbons (Fsp3) is 0.579. The molecule has 1 aromatic carbocycles. The Balaban J connectivity index is 1.77. The lowest BCUT2D eigenvalue weighted by Crippen LogP contribution is -2.41. The smallest absolute Gasteiger partial charge is 0.407 e. The molecule has 0 unspecified atom stereocenters. The number of rotatable bonds is 4. The van der Waals surface area contributed by atoms with E-state index in [4.69, 9.17) is 9.47 Å². The van der Waals surface area contributed by atoms with Gasteiger partial charge in [-0.25, -0.2) is 4.79 Å². The van der Waals surface area contributed by atoms with Gasteiger partial charge < -0.3 is 14.8 Å². The van der Waals surface area contributed by atoms with E-state index in [9.17, 15) is 9.59 Å². The molecule has 5 nitrogen and oxygen atoms in total. The molecule has 0 bridgehead atoms. The molecule has 2 rings (SSSR count). The summed E-state index contributed by atoms with van der Waals surface area (Å²) in [5.41, 5.74) is 0.467. The summed E-state index contributed by atoms with van der Waals surface area (Å²) in [5.74, 6) is -0.330. The third-order valence-electron chi connectivity index (χ3n) is 3.95. The molecular formula is C19H27NO4. The third-order valence-corrected chi connectivity index (χ3v) is 3.95. The van der Waals surface area contributed by atoms with Crippen molar-refractivity contribution in [1.29, 1.82) is 0 Å². The molecule has 5 heteroatoms. The minimum Gasteiger partial charge on any atom is -0.460 e. The second kappa shape index (κ2) is 8.18. The van der Waals surface area contributed by atoms with Crippen molar-refractivity contribution in [2.45, 2.75) is 64.7 Å². The van der Waals surface area contributed by atoms with E-state index in [2.05, 4.69) is 5.32 Å². The molecule has 1 N–H and O–H groups in total. The average Bonchev–Trinajstić information content (AvgIpc) is 2.52. The van der Waals surface area contributed by atoms with E-state index >= 15 is 0 Å². The van der Waals surface area contributed by atoms with Crippen molar-refractivity contribution in [3.63, 3.8) is 0 Å². The Bertz CT molecular complexity index is 550. The molecule has 0 saturated heterocycles. The minimum atomic E-state index is -0.480. The number of benzene rings is 1. The summed E-state index contributed by atoms with van der Waals surface area (Å²) in [6, 6.07) is 9.51. The van der Waals surface area contributed by atoms with Gasteiger partial charge in [0.25, 0.3) is 0 Å². The summed E-state index contributed by atoms with van der Waals surface area (Å²) in [4.78, 5) is 24.1. The van der Waals surface area contributed by atoms with Gasteiger partial charge in [-0.15, -0.1) is 0 Å². The second-order valence-corrected chi connectivity index (χ2v) is 7.30. The van der Waals surface area contributed by atoms with Gasteiger partial charge >= 0.3 is 12.1 Å². The van der Waals surface area contributed by atoms with Crippen LogP contribution in [0.2, 0.25) is 0 Å². The van der Waals surface area contributed by atoms with Crippen molar-refractivity contribution in [3.05, 3.63) is 35.9 Å². The topological polar surface area (TPSA) is 64.6 Å². The molecule has 24 heavy (non-hydrogen) atoms. The van der Waals surface area contributed by atoms with Gasteiger partial charge in [0.2, 0.25) is 0 Å². The maximum absolute atomic E-state index is 12.2. The number of esters is 1. The van der Waals surface area contributed by atoms with E-state index in [1.165, 1.54) is 0 Å². The second-order valence-electron chi connectivity index (χ2n) is 7.30. The normalized spacial score (nSPS) is 21.0. The lowest BCUT2D eigenvalue weighted by Gasteiger charge is -2.30. The summed E-state index contributed by atoms with van der Waals surface area (Å²) < 4.78 is 10.7. The Morgan fingerprint density at radius 1 is 1.17 bits per heavy atom. The van der Waals surface area contributed by atoms with Crippen molar-refractivity contribution in [2.24, 2.45) is 5.92 Å². The predicted octanol–water partition coefficient (Wildman–Crippen LogP) is 3.81. The first-order chi connectivity index (χ1) is 11.3. The highest BCUT2D eigenvalue weighted by Crippen LogP contribution is 2.27.